The predicted molar refractivity (Wildman–Crippen MR) is 123 cm³/mol. The van der Waals surface area contributed by atoms with Crippen LogP contribution in [0.5, 0.6) is 11.5 Å². The molecule has 0 aliphatic heterocycles. The van der Waals surface area contributed by atoms with Crippen molar-refractivity contribution in [2.24, 2.45) is 5.10 Å². The third-order valence-corrected chi connectivity index (χ3v) is 5.02. The molecule has 0 saturated heterocycles. The molecule has 0 aliphatic rings. The molecule has 3 aromatic carbocycles. The van der Waals surface area contributed by atoms with E-state index in [-0.39, 0.29) is 23.6 Å². The number of carbonyl (C=O) groups is 2. The number of nitrogens with zero attached hydrogens (tertiary/aromatic N) is 1. The number of halogens is 2. The maximum Gasteiger partial charge on any atom is 0.345 e. The molecule has 3 rings (SSSR count). The van der Waals surface area contributed by atoms with E-state index in [1.54, 1.807) is 42.5 Å². The zero-order valence-electron chi connectivity index (χ0n) is 16.5. The molecule has 0 spiro atoms. The monoisotopic (exact) mass is 500 g/mol. The average Bonchev–Trinajstić information content (AvgIpc) is 2.76. The number of hydrazone groups is 1. The summed E-state index contributed by atoms with van der Waals surface area (Å²) in [6.07, 6.45) is 1.69. The van der Waals surface area contributed by atoms with Gasteiger partial charge in [0.25, 0.3) is 0 Å². The lowest BCUT2D eigenvalue weighted by molar-refractivity contribution is -0.120. The van der Waals surface area contributed by atoms with Crippen molar-refractivity contribution in [3.05, 3.63) is 92.9 Å². The summed E-state index contributed by atoms with van der Waals surface area (Å²) in [5.41, 5.74) is 4.27. The fourth-order valence-corrected chi connectivity index (χ4v) is 3.11. The highest BCUT2D eigenvalue weighted by Crippen LogP contribution is 2.29. The number of amides is 1. The normalized spacial score (nSPS) is 10.7. The van der Waals surface area contributed by atoms with Crippen LogP contribution in [0.3, 0.4) is 0 Å². The van der Waals surface area contributed by atoms with Crippen molar-refractivity contribution in [1.82, 2.24) is 5.43 Å². The first-order valence-corrected chi connectivity index (χ1v) is 10.3. The van der Waals surface area contributed by atoms with Gasteiger partial charge in [0.2, 0.25) is 5.91 Å². The van der Waals surface area contributed by atoms with Gasteiger partial charge in [-0.2, -0.15) is 5.10 Å². The number of rotatable bonds is 7. The number of hydrogen-bond acceptors (Lipinski definition) is 5. The largest absolute Gasteiger partial charge is 0.493 e. The molecule has 0 heterocycles. The van der Waals surface area contributed by atoms with Gasteiger partial charge in [-0.3, -0.25) is 4.79 Å². The van der Waals surface area contributed by atoms with E-state index in [0.29, 0.717) is 16.3 Å². The summed E-state index contributed by atoms with van der Waals surface area (Å²) in [4.78, 5) is 24.4. The number of esters is 1. The minimum Gasteiger partial charge on any atom is -0.493 e. The maximum atomic E-state index is 12.4. The van der Waals surface area contributed by atoms with Gasteiger partial charge in [0.15, 0.2) is 11.5 Å². The molecule has 31 heavy (non-hydrogen) atoms. The van der Waals surface area contributed by atoms with E-state index in [2.05, 4.69) is 26.5 Å². The van der Waals surface area contributed by atoms with Crippen LogP contribution in [0, 0.1) is 0 Å². The Bertz CT molecular complexity index is 1120. The van der Waals surface area contributed by atoms with Gasteiger partial charge < -0.3 is 9.47 Å². The Balaban J connectivity index is 1.62. The van der Waals surface area contributed by atoms with Crippen LogP contribution >= 0.6 is 27.5 Å². The van der Waals surface area contributed by atoms with Gasteiger partial charge in [-0.1, -0.05) is 51.8 Å². The quantitative estimate of drug-likeness (QED) is 0.213. The summed E-state index contributed by atoms with van der Waals surface area (Å²) in [5, 5.41) is 4.27. The van der Waals surface area contributed by atoms with E-state index in [4.69, 9.17) is 21.1 Å². The van der Waals surface area contributed by atoms with E-state index in [1.165, 1.54) is 13.3 Å². The minimum absolute atomic E-state index is 0.213. The molecular formula is C23H18BrClN2O4. The first-order valence-electron chi connectivity index (χ1n) is 9.17. The number of benzene rings is 3. The second-order valence-corrected chi connectivity index (χ2v) is 7.70. The minimum atomic E-state index is -0.592. The molecular weight excluding hydrogens is 484 g/mol. The molecule has 6 nitrogen and oxygen atoms in total. The number of nitrogens with one attached hydrogen (secondary N) is 1. The van der Waals surface area contributed by atoms with Crippen molar-refractivity contribution in [3.63, 3.8) is 0 Å². The highest BCUT2D eigenvalue weighted by atomic mass is 79.9. The average molecular weight is 502 g/mol. The molecule has 0 atom stereocenters. The van der Waals surface area contributed by atoms with Crippen molar-refractivity contribution < 1.29 is 19.1 Å². The Labute approximate surface area is 193 Å². The third-order valence-electron chi connectivity index (χ3n) is 4.16. The van der Waals surface area contributed by atoms with Crippen LogP contribution in [-0.2, 0) is 11.2 Å². The third kappa shape index (κ3) is 6.41. The molecule has 1 amide bonds. The smallest absolute Gasteiger partial charge is 0.345 e. The van der Waals surface area contributed by atoms with Crippen molar-refractivity contribution in [1.29, 1.82) is 0 Å². The van der Waals surface area contributed by atoms with Crippen LogP contribution in [0.4, 0.5) is 0 Å². The van der Waals surface area contributed by atoms with Crippen molar-refractivity contribution in [2.45, 2.75) is 6.42 Å². The van der Waals surface area contributed by atoms with Crippen molar-refractivity contribution in [2.75, 3.05) is 7.11 Å². The predicted octanol–water partition coefficient (Wildman–Crippen LogP) is 5.02. The summed E-state index contributed by atoms with van der Waals surface area (Å²) in [6, 6.07) is 19.0. The van der Waals surface area contributed by atoms with E-state index in [1.807, 2.05) is 24.3 Å². The molecule has 0 radical (unpaired) electrons. The molecule has 0 fully saturated rings. The van der Waals surface area contributed by atoms with E-state index in [9.17, 15) is 9.59 Å². The van der Waals surface area contributed by atoms with Crippen LogP contribution in [0.25, 0.3) is 0 Å². The molecule has 3 aromatic rings. The Kier molecular flexibility index (Phi) is 7.81. The van der Waals surface area contributed by atoms with Gasteiger partial charge >= 0.3 is 5.97 Å². The van der Waals surface area contributed by atoms with Crippen LogP contribution in [0.15, 0.2) is 76.3 Å². The first-order chi connectivity index (χ1) is 15.0. The van der Waals surface area contributed by atoms with Gasteiger partial charge in [-0.25, -0.2) is 10.2 Å². The van der Waals surface area contributed by atoms with Crippen LogP contribution in [0.2, 0.25) is 5.02 Å². The lowest BCUT2D eigenvalue weighted by Gasteiger charge is -2.10. The topological polar surface area (TPSA) is 77.0 Å². The lowest BCUT2D eigenvalue weighted by Crippen LogP contribution is -2.19. The summed E-state index contributed by atoms with van der Waals surface area (Å²) in [5.74, 6) is -0.254. The fraction of sp³-hybridized carbons (Fsp3) is 0.0870. The second-order valence-electron chi connectivity index (χ2n) is 6.38. The van der Waals surface area contributed by atoms with Gasteiger partial charge in [0, 0.05) is 4.47 Å². The van der Waals surface area contributed by atoms with E-state index >= 15 is 0 Å². The Morgan fingerprint density at radius 3 is 2.52 bits per heavy atom. The van der Waals surface area contributed by atoms with Gasteiger partial charge in [0.05, 0.1) is 30.3 Å². The van der Waals surface area contributed by atoms with Crippen LogP contribution in [-0.4, -0.2) is 25.2 Å². The van der Waals surface area contributed by atoms with Crippen LogP contribution in [0.1, 0.15) is 21.5 Å². The molecule has 0 unspecified atom stereocenters. The van der Waals surface area contributed by atoms with Gasteiger partial charge in [-0.15, -0.1) is 0 Å². The zero-order valence-corrected chi connectivity index (χ0v) is 18.8. The number of hydrogen-bond donors (Lipinski definition) is 1. The SMILES string of the molecule is COc1cc(/C=N\NC(=O)Cc2ccc(Br)cc2)ccc1OC(=O)c1ccccc1Cl. The van der Waals surface area contributed by atoms with Crippen LogP contribution < -0.4 is 14.9 Å². The fourth-order valence-electron chi connectivity index (χ4n) is 2.64. The van der Waals surface area contributed by atoms with E-state index in [0.717, 1.165) is 10.0 Å². The summed E-state index contributed by atoms with van der Waals surface area (Å²) in [6.45, 7) is 0. The number of ether oxygens (including phenoxy) is 2. The molecule has 0 aromatic heterocycles. The highest BCUT2D eigenvalue weighted by molar-refractivity contribution is 9.10. The number of methoxy groups -OCH3 is 1. The molecule has 0 aliphatic carbocycles. The van der Waals surface area contributed by atoms with Gasteiger partial charge in [-0.05, 0) is 53.6 Å². The second kappa shape index (κ2) is 10.7. The maximum absolute atomic E-state index is 12.4. The molecule has 158 valence electrons. The number of carbonyl (C=O) groups excluding carboxylic acids is 2. The lowest BCUT2D eigenvalue weighted by atomic mass is 10.1. The molecule has 0 bridgehead atoms. The van der Waals surface area contributed by atoms with Crippen molar-refractivity contribution >= 4 is 45.6 Å². The highest BCUT2D eigenvalue weighted by Gasteiger charge is 2.15. The molecule has 8 heteroatoms. The summed E-state index contributed by atoms with van der Waals surface area (Å²) >= 11 is 9.40. The Morgan fingerprint density at radius 2 is 1.81 bits per heavy atom. The van der Waals surface area contributed by atoms with E-state index < -0.39 is 5.97 Å². The summed E-state index contributed by atoms with van der Waals surface area (Å²) in [7, 11) is 1.46. The Morgan fingerprint density at radius 1 is 1.06 bits per heavy atom. The zero-order chi connectivity index (χ0) is 22.2. The Hall–Kier alpha value is -3.16. The standard InChI is InChI=1S/C23H18BrClN2O4/c1-30-21-12-16(14-26-27-22(28)13-15-6-9-17(24)10-7-15)8-11-20(21)31-23(29)18-4-2-3-5-19(18)25/h2-12,14H,13H2,1H3,(H,27,28)/b26-14-. The summed E-state index contributed by atoms with van der Waals surface area (Å²) < 4.78 is 11.7. The first kappa shape index (κ1) is 22.5. The molecule has 0 saturated carbocycles. The van der Waals surface area contributed by atoms with Crippen molar-refractivity contribution in [3.8, 4) is 11.5 Å². The molecule has 1 N–H and O–H groups in total. The van der Waals surface area contributed by atoms with Gasteiger partial charge in [0.1, 0.15) is 0 Å².